The molecule has 1 saturated heterocycles. The molecule has 0 aliphatic carbocycles. The fourth-order valence-electron chi connectivity index (χ4n) is 7.22. The van der Waals surface area contributed by atoms with Crippen LogP contribution in [-0.2, 0) is 52.7 Å². The fraction of sp³-hybridized carbons (Fsp3) is 0.744. The summed E-state index contributed by atoms with van der Waals surface area (Å²) in [5.74, 6) is -10.9. The minimum absolute atomic E-state index is 0.0150. The molecule has 1 aliphatic rings. The standard InChI is InChI=1S/C43H76N12O14/c1-22(2)19-28(52-39(64)30-13-10-18-55(30)42(67)29(20-31(46)57)53-40(65)34(47)23(3)4)38(63)54-35(24(5)56)41(66)51-26(12-7-9-17-45)37(62)50-25(11-6-8-16-44)36(61)48-21-32(58)49-27(43(68)69)14-15-33(59)60/h22-30,34-35,56H,6-21,44-45,47H2,1-5H3,(H2,46,57)(H,48,61)(H,49,58)(H,50,62)(H,51,66)(H,52,64)(H,53,65)(H,54,63)(H,59,60)(H,68,69)/t24-,25+,26+,27+,28+,29+,30+,34+,35+/m1/s1. The molecule has 392 valence electrons. The minimum Gasteiger partial charge on any atom is -0.481 e. The van der Waals surface area contributed by atoms with Crippen LogP contribution in [0.2, 0.25) is 0 Å². The Morgan fingerprint density at radius 1 is 0.652 bits per heavy atom. The van der Waals surface area contributed by atoms with Gasteiger partial charge in [-0.25, -0.2) is 4.79 Å². The van der Waals surface area contributed by atoms with Gasteiger partial charge in [-0.1, -0.05) is 27.7 Å². The van der Waals surface area contributed by atoms with E-state index >= 15 is 0 Å². The summed E-state index contributed by atoms with van der Waals surface area (Å²) in [4.78, 5) is 143. The maximum Gasteiger partial charge on any atom is 0.326 e. The van der Waals surface area contributed by atoms with Crippen LogP contribution in [0.3, 0.4) is 0 Å². The van der Waals surface area contributed by atoms with E-state index in [-0.39, 0.29) is 57.2 Å². The van der Waals surface area contributed by atoms with E-state index < -0.39 is 145 Å². The maximum atomic E-state index is 13.9. The van der Waals surface area contributed by atoms with Crippen molar-refractivity contribution in [3.8, 4) is 0 Å². The number of nitrogens with one attached hydrogen (secondary N) is 7. The van der Waals surface area contributed by atoms with Crippen molar-refractivity contribution in [2.45, 2.75) is 166 Å². The highest BCUT2D eigenvalue weighted by Crippen LogP contribution is 2.21. The van der Waals surface area contributed by atoms with Gasteiger partial charge in [-0.15, -0.1) is 0 Å². The van der Waals surface area contributed by atoms with E-state index in [9.17, 15) is 63.0 Å². The van der Waals surface area contributed by atoms with Crippen molar-refractivity contribution in [2.24, 2.45) is 34.8 Å². The van der Waals surface area contributed by atoms with Gasteiger partial charge in [-0.3, -0.25) is 47.9 Å². The third-order valence-electron chi connectivity index (χ3n) is 11.1. The monoisotopic (exact) mass is 985 g/mol. The molecule has 26 nitrogen and oxygen atoms in total. The number of rotatable bonds is 33. The van der Waals surface area contributed by atoms with Gasteiger partial charge >= 0.3 is 11.9 Å². The van der Waals surface area contributed by atoms with Crippen LogP contribution in [0.15, 0.2) is 0 Å². The first-order valence-corrected chi connectivity index (χ1v) is 23.3. The summed E-state index contributed by atoms with van der Waals surface area (Å²) in [5, 5.41) is 46.2. The molecular weight excluding hydrogens is 909 g/mol. The van der Waals surface area contributed by atoms with Crippen molar-refractivity contribution in [1.29, 1.82) is 0 Å². The van der Waals surface area contributed by atoms with Gasteiger partial charge in [0.25, 0.3) is 0 Å². The van der Waals surface area contributed by atoms with Gasteiger partial charge in [-0.2, -0.15) is 0 Å². The molecule has 1 fully saturated rings. The summed E-state index contributed by atoms with van der Waals surface area (Å²) >= 11 is 0. The van der Waals surface area contributed by atoms with Crippen molar-refractivity contribution < 1.29 is 68.1 Å². The molecule has 1 rings (SSSR count). The average molecular weight is 985 g/mol. The highest BCUT2D eigenvalue weighted by molar-refractivity contribution is 5.99. The SMILES string of the molecule is CC(C)C[C@H](NC(=O)[C@@H]1CCCN1C(=O)[C@H](CC(N)=O)NC(=O)[C@@H](N)C(C)C)C(=O)N[C@H](C(=O)N[C@@H](CCCCN)C(=O)N[C@@H](CCCCN)C(=O)NCC(=O)N[C@@H](CCC(=O)O)C(=O)O)[C@@H](C)O. The first-order chi connectivity index (χ1) is 32.3. The highest BCUT2D eigenvalue weighted by Gasteiger charge is 2.41. The molecule has 0 unspecified atom stereocenters. The predicted octanol–water partition coefficient (Wildman–Crippen LogP) is -4.50. The Morgan fingerprint density at radius 2 is 1.20 bits per heavy atom. The van der Waals surface area contributed by atoms with Crippen LogP contribution in [0, 0.1) is 11.8 Å². The van der Waals surface area contributed by atoms with Crippen LogP contribution in [0.4, 0.5) is 0 Å². The molecule has 0 aromatic carbocycles. The van der Waals surface area contributed by atoms with E-state index in [4.69, 9.17) is 28.0 Å². The van der Waals surface area contributed by atoms with E-state index in [1.165, 1.54) is 11.8 Å². The van der Waals surface area contributed by atoms with Crippen LogP contribution in [0.1, 0.15) is 112 Å². The molecule has 26 heteroatoms. The van der Waals surface area contributed by atoms with Crippen LogP contribution < -0.4 is 60.2 Å². The van der Waals surface area contributed by atoms with Crippen molar-refractivity contribution in [1.82, 2.24) is 42.1 Å². The Balaban J connectivity index is 3.29. The number of hydrogen-bond acceptors (Lipinski definition) is 15. The second kappa shape index (κ2) is 31.2. The summed E-state index contributed by atoms with van der Waals surface area (Å²) in [6.45, 7) is 7.94. The summed E-state index contributed by atoms with van der Waals surface area (Å²) in [6.07, 6.45) is -1.03. The Hall–Kier alpha value is -5.99. The number of carbonyl (C=O) groups is 11. The normalized spacial score (nSPS) is 16.9. The minimum atomic E-state index is -1.69. The number of carboxylic acids is 2. The number of hydrogen-bond donors (Lipinski definition) is 14. The zero-order chi connectivity index (χ0) is 52.5. The maximum absolute atomic E-state index is 13.9. The lowest BCUT2D eigenvalue weighted by molar-refractivity contribution is -0.143. The molecule has 0 aromatic rings. The molecule has 0 bridgehead atoms. The molecule has 18 N–H and O–H groups in total. The van der Waals surface area contributed by atoms with Gasteiger partial charge < -0.3 is 80.4 Å². The van der Waals surface area contributed by atoms with Gasteiger partial charge in [0.1, 0.15) is 42.3 Å². The second-order valence-electron chi connectivity index (χ2n) is 17.9. The number of aliphatic carboxylic acids is 2. The van der Waals surface area contributed by atoms with Crippen molar-refractivity contribution in [2.75, 3.05) is 26.2 Å². The summed E-state index contributed by atoms with van der Waals surface area (Å²) < 4.78 is 0. The first kappa shape index (κ1) is 61.0. The largest absolute Gasteiger partial charge is 0.481 e. The topological polar surface area (TPSA) is 440 Å². The molecule has 9 atom stereocenters. The number of nitrogens with zero attached hydrogens (tertiary/aromatic N) is 1. The Labute approximate surface area is 401 Å². The molecule has 0 spiro atoms. The van der Waals surface area contributed by atoms with Crippen molar-refractivity contribution in [3.63, 3.8) is 0 Å². The third kappa shape index (κ3) is 22.3. The Kier molecular flexibility index (Phi) is 27.6. The predicted molar refractivity (Wildman–Crippen MR) is 247 cm³/mol. The van der Waals surface area contributed by atoms with E-state index in [0.717, 1.165) is 0 Å². The van der Waals surface area contributed by atoms with E-state index in [1.54, 1.807) is 27.7 Å². The second-order valence-corrected chi connectivity index (χ2v) is 17.9. The number of primary amides is 1. The van der Waals surface area contributed by atoms with Crippen LogP contribution >= 0.6 is 0 Å². The van der Waals surface area contributed by atoms with Gasteiger partial charge in [0.05, 0.1) is 25.1 Å². The van der Waals surface area contributed by atoms with E-state index in [2.05, 4.69) is 37.2 Å². The van der Waals surface area contributed by atoms with Crippen LogP contribution in [0.5, 0.6) is 0 Å². The average Bonchev–Trinajstić information content (AvgIpc) is 3.76. The molecule has 0 saturated carbocycles. The number of unbranched alkanes of at least 4 members (excludes halogenated alkanes) is 2. The quantitative estimate of drug-likeness (QED) is 0.0276. The van der Waals surface area contributed by atoms with E-state index in [0.29, 0.717) is 32.1 Å². The number of aliphatic hydroxyl groups is 1. The first-order valence-electron chi connectivity index (χ1n) is 23.3. The fourth-order valence-corrected chi connectivity index (χ4v) is 7.22. The van der Waals surface area contributed by atoms with E-state index in [1.807, 2.05) is 0 Å². The number of nitrogens with two attached hydrogens (primary N) is 4. The summed E-state index contributed by atoms with van der Waals surface area (Å²) in [7, 11) is 0. The van der Waals surface area contributed by atoms with Crippen LogP contribution in [0.25, 0.3) is 0 Å². The molecule has 9 amide bonds. The Morgan fingerprint density at radius 3 is 1.71 bits per heavy atom. The molecule has 0 radical (unpaired) electrons. The summed E-state index contributed by atoms with van der Waals surface area (Å²) in [5.41, 5.74) is 22.6. The van der Waals surface area contributed by atoms with Gasteiger partial charge in [0, 0.05) is 13.0 Å². The van der Waals surface area contributed by atoms with Gasteiger partial charge in [0.2, 0.25) is 53.2 Å². The number of aliphatic hydroxyl groups excluding tert-OH is 1. The number of carbonyl (C=O) groups excluding carboxylic acids is 9. The lowest BCUT2D eigenvalue weighted by atomic mass is 10.0. The third-order valence-corrected chi connectivity index (χ3v) is 11.1. The highest BCUT2D eigenvalue weighted by atomic mass is 16.4. The number of carboxylic acid groups (broad SMARTS) is 2. The van der Waals surface area contributed by atoms with Gasteiger partial charge in [-0.05, 0) is 96.1 Å². The molecule has 1 heterocycles. The molecule has 1 aliphatic heterocycles. The number of likely N-dealkylation sites (tertiary alicyclic amines) is 1. The number of amides is 9. The lowest BCUT2D eigenvalue weighted by Gasteiger charge is -2.31. The Bertz CT molecular complexity index is 1780. The molecular formula is C43H76N12O14. The van der Waals surface area contributed by atoms with Crippen LogP contribution in [-0.4, -0.2) is 166 Å². The zero-order valence-electron chi connectivity index (χ0n) is 40.3. The lowest BCUT2D eigenvalue weighted by Crippen LogP contribution is -2.61. The zero-order valence-corrected chi connectivity index (χ0v) is 40.3. The van der Waals surface area contributed by atoms with Crippen molar-refractivity contribution in [3.05, 3.63) is 0 Å². The summed E-state index contributed by atoms with van der Waals surface area (Å²) in [6, 6.07) is -10.8. The van der Waals surface area contributed by atoms with Crippen molar-refractivity contribution >= 4 is 65.1 Å². The molecule has 0 aromatic heterocycles. The van der Waals surface area contributed by atoms with Gasteiger partial charge in [0.15, 0.2) is 0 Å². The molecule has 69 heavy (non-hydrogen) atoms. The smallest absolute Gasteiger partial charge is 0.326 e.